The van der Waals surface area contributed by atoms with Crippen molar-refractivity contribution in [1.82, 2.24) is 4.90 Å². The number of amides is 1. The summed E-state index contributed by atoms with van der Waals surface area (Å²) in [5, 5.41) is 9.02. The second kappa shape index (κ2) is 6.48. The Balaban J connectivity index is 2.47. The molecule has 92 valence electrons. The molecule has 0 aliphatic carbocycles. The quantitative estimate of drug-likeness (QED) is 0.674. The maximum atomic E-state index is 11.8. The van der Waals surface area contributed by atoms with Crippen LogP contribution in [0.4, 0.5) is 0 Å². The van der Waals surface area contributed by atoms with Crippen molar-refractivity contribution in [2.24, 2.45) is 5.73 Å². The van der Waals surface area contributed by atoms with E-state index in [4.69, 9.17) is 10.8 Å². The van der Waals surface area contributed by atoms with Gasteiger partial charge in [0, 0.05) is 13.0 Å². The molecule has 1 heterocycles. The molecule has 1 aliphatic heterocycles. The van der Waals surface area contributed by atoms with Gasteiger partial charge in [0.2, 0.25) is 5.91 Å². The number of carboxylic acid groups (broad SMARTS) is 1. The molecule has 0 saturated carbocycles. The molecule has 0 aromatic heterocycles. The molecule has 1 rings (SSSR count). The standard InChI is InChI=1S/C11H20N2O3/c12-7-3-1-6-10(14)13-8-4-2-5-9(13)11(15)16/h9H,1-8,12H2,(H,15,16)/t9-/m0/s1. The van der Waals surface area contributed by atoms with Crippen molar-refractivity contribution in [3.8, 4) is 0 Å². The van der Waals surface area contributed by atoms with Gasteiger partial charge >= 0.3 is 5.97 Å². The predicted octanol–water partition coefficient (Wildman–Crippen LogP) is 0.581. The van der Waals surface area contributed by atoms with Crippen LogP contribution in [0.3, 0.4) is 0 Å². The summed E-state index contributed by atoms with van der Waals surface area (Å²) in [7, 11) is 0. The monoisotopic (exact) mass is 228 g/mol. The molecule has 0 bridgehead atoms. The van der Waals surface area contributed by atoms with E-state index in [1.54, 1.807) is 0 Å². The Morgan fingerprint density at radius 3 is 2.69 bits per heavy atom. The van der Waals surface area contributed by atoms with E-state index in [1.807, 2.05) is 0 Å². The number of carbonyl (C=O) groups is 2. The molecule has 1 aliphatic rings. The molecule has 5 nitrogen and oxygen atoms in total. The predicted molar refractivity (Wildman–Crippen MR) is 59.9 cm³/mol. The van der Waals surface area contributed by atoms with Crippen LogP contribution in [0.2, 0.25) is 0 Å². The molecule has 0 spiro atoms. The SMILES string of the molecule is NCCCCC(=O)N1CCCC[C@H]1C(=O)O. The first-order valence-corrected chi connectivity index (χ1v) is 5.89. The van der Waals surface area contributed by atoms with Gasteiger partial charge in [-0.05, 0) is 38.6 Å². The topological polar surface area (TPSA) is 83.6 Å². The lowest BCUT2D eigenvalue weighted by Crippen LogP contribution is -2.47. The molecule has 1 amide bonds. The Bertz CT molecular complexity index is 256. The van der Waals surface area contributed by atoms with E-state index in [2.05, 4.69) is 0 Å². The third-order valence-corrected chi connectivity index (χ3v) is 2.95. The average Bonchev–Trinajstić information content (AvgIpc) is 2.29. The van der Waals surface area contributed by atoms with Gasteiger partial charge in [0.15, 0.2) is 0 Å². The minimum Gasteiger partial charge on any atom is -0.480 e. The molecule has 0 aromatic carbocycles. The highest BCUT2D eigenvalue weighted by atomic mass is 16.4. The Labute approximate surface area is 95.6 Å². The number of aliphatic carboxylic acids is 1. The summed E-state index contributed by atoms with van der Waals surface area (Å²) in [5.74, 6) is -0.924. The molecule has 0 unspecified atom stereocenters. The van der Waals surface area contributed by atoms with Crippen molar-refractivity contribution >= 4 is 11.9 Å². The lowest BCUT2D eigenvalue weighted by molar-refractivity contribution is -0.152. The number of hydrogen-bond donors (Lipinski definition) is 2. The second-order valence-electron chi connectivity index (χ2n) is 4.18. The summed E-state index contributed by atoms with van der Waals surface area (Å²) in [6.45, 7) is 1.16. The van der Waals surface area contributed by atoms with Crippen LogP contribution < -0.4 is 5.73 Å². The molecule has 0 radical (unpaired) electrons. The normalized spacial score (nSPS) is 20.8. The minimum absolute atomic E-state index is 0.0412. The number of carbonyl (C=O) groups excluding carboxylic acids is 1. The number of hydrogen-bond acceptors (Lipinski definition) is 3. The van der Waals surface area contributed by atoms with E-state index in [0.29, 0.717) is 25.9 Å². The van der Waals surface area contributed by atoms with Gasteiger partial charge < -0.3 is 15.7 Å². The maximum absolute atomic E-state index is 11.8. The van der Waals surface area contributed by atoms with Crippen LogP contribution in [0.25, 0.3) is 0 Å². The van der Waals surface area contributed by atoms with Gasteiger partial charge in [-0.25, -0.2) is 4.79 Å². The molecule has 5 heteroatoms. The van der Waals surface area contributed by atoms with E-state index in [-0.39, 0.29) is 5.91 Å². The summed E-state index contributed by atoms with van der Waals surface area (Å²) in [5.41, 5.74) is 5.35. The van der Waals surface area contributed by atoms with Crippen LogP contribution >= 0.6 is 0 Å². The van der Waals surface area contributed by atoms with E-state index in [1.165, 1.54) is 4.90 Å². The van der Waals surface area contributed by atoms with E-state index >= 15 is 0 Å². The lowest BCUT2D eigenvalue weighted by Gasteiger charge is -2.33. The van der Waals surface area contributed by atoms with Gasteiger partial charge in [-0.2, -0.15) is 0 Å². The fraction of sp³-hybridized carbons (Fsp3) is 0.818. The van der Waals surface area contributed by atoms with Gasteiger partial charge in [0.05, 0.1) is 0 Å². The van der Waals surface area contributed by atoms with Gasteiger partial charge in [-0.3, -0.25) is 4.79 Å². The second-order valence-corrected chi connectivity index (χ2v) is 4.18. The smallest absolute Gasteiger partial charge is 0.326 e. The molecule has 16 heavy (non-hydrogen) atoms. The summed E-state index contributed by atoms with van der Waals surface area (Å²) in [4.78, 5) is 24.3. The zero-order valence-electron chi connectivity index (χ0n) is 9.52. The van der Waals surface area contributed by atoms with E-state index in [9.17, 15) is 9.59 Å². The van der Waals surface area contributed by atoms with Gasteiger partial charge in [-0.15, -0.1) is 0 Å². The Kier molecular flexibility index (Phi) is 5.25. The largest absolute Gasteiger partial charge is 0.480 e. The fourth-order valence-corrected chi connectivity index (χ4v) is 2.05. The minimum atomic E-state index is -0.883. The third-order valence-electron chi connectivity index (χ3n) is 2.95. The van der Waals surface area contributed by atoms with E-state index in [0.717, 1.165) is 25.7 Å². The Hall–Kier alpha value is -1.10. The number of piperidine rings is 1. The van der Waals surface area contributed by atoms with Gasteiger partial charge in [0.1, 0.15) is 6.04 Å². The molecule has 1 atom stereocenters. The Morgan fingerprint density at radius 1 is 1.31 bits per heavy atom. The van der Waals surface area contributed by atoms with Crippen molar-refractivity contribution in [3.63, 3.8) is 0 Å². The van der Waals surface area contributed by atoms with Crippen LogP contribution in [0, 0.1) is 0 Å². The highest BCUT2D eigenvalue weighted by Gasteiger charge is 2.31. The average molecular weight is 228 g/mol. The van der Waals surface area contributed by atoms with Gasteiger partial charge in [-0.1, -0.05) is 0 Å². The van der Waals surface area contributed by atoms with Crippen LogP contribution in [-0.4, -0.2) is 41.0 Å². The number of nitrogens with zero attached hydrogens (tertiary/aromatic N) is 1. The van der Waals surface area contributed by atoms with Crippen LogP contribution in [0.5, 0.6) is 0 Å². The number of rotatable bonds is 5. The Morgan fingerprint density at radius 2 is 2.06 bits per heavy atom. The lowest BCUT2D eigenvalue weighted by atomic mass is 10.0. The number of nitrogens with two attached hydrogens (primary N) is 1. The summed E-state index contributed by atoms with van der Waals surface area (Å²) in [6, 6.07) is -0.612. The summed E-state index contributed by atoms with van der Waals surface area (Å²) in [6.07, 6.45) is 4.37. The number of unbranched alkanes of at least 4 members (excludes halogenated alkanes) is 1. The van der Waals surface area contributed by atoms with Gasteiger partial charge in [0.25, 0.3) is 0 Å². The molecular formula is C11H20N2O3. The molecule has 1 saturated heterocycles. The highest BCUT2D eigenvalue weighted by molar-refractivity contribution is 5.83. The van der Waals surface area contributed by atoms with Crippen LogP contribution in [0.1, 0.15) is 38.5 Å². The molecular weight excluding hydrogens is 208 g/mol. The van der Waals surface area contributed by atoms with Crippen LogP contribution in [0.15, 0.2) is 0 Å². The van der Waals surface area contributed by atoms with E-state index < -0.39 is 12.0 Å². The van der Waals surface area contributed by atoms with Crippen molar-refractivity contribution < 1.29 is 14.7 Å². The third kappa shape index (κ3) is 3.48. The number of likely N-dealkylation sites (tertiary alicyclic amines) is 1. The zero-order valence-corrected chi connectivity index (χ0v) is 9.52. The maximum Gasteiger partial charge on any atom is 0.326 e. The van der Waals surface area contributed by atoms with Crippen molar-refractivity contribution in [2.45, 2.75) is 44.6 Å². The fourth-order valence-electron chi connectivity index (χ4n) is 2.05. The van der Waals surface area contributed by atoms with Crippen LogP contribution in [-0.2, 0) is 9.59 Å². The summed E-state index contributed by atoms with van der Waals surface area (Å²) >= 11 is 0. The van der Waals surface area contributed by atoms with Crippen molar-refractivity contribution in [3.05, 3.63) is 0 Å². The number of carboxylic acids is 1. The first-order chi connectivity index (χ1) is 7.66. The molecule has 3 N–H and O–H groups in total. The highest BCUT2D eigenvalue weighted by Crippen LogP contribution is 2.18. The zero-order chi connectivity index (χ0) is 12.0. The molecule has 0 aromatic rings. The summed E-state index contributed by atoms with van der Waals surface area (Å²) < 4.78 is 0. The molecule has 1 fully saturated rings. The van der Waals surface area contributed by atoms with Crippen molar-refractivity contribution in [1.29, 1.82) is 0 Å². The first-order valence-electron chi connectivity index (χ1n) is 5.89. The van der Waals surface area contributed by atoms with Crippen molar-refractivity contribution in [2.75, 3.05) is 13.1 Å². The first kappa shape index (κ1) is 13.0.